The number of urea groups is 1. The van der Waals surface area contributed by atoms with Crippen molar-refractivity contribution in [3.05, 3.63) is 63.5 Å². The van der Waals surface area contributed by atoms with E-state index in [-0.39, 0.29) is 17.1 Å². The number of methoxy groups -OCH3 is 1. The molecule has 1 aromatic heterocycles. The minimum absolute atomic E-state index is 0.120. The Bertz CT molecular complexity index is 1030. The molecule has 3 N–H and O–H groups in total. The van der Waals surface area contributed by atoms with Crippen LogP contribution >= 0.6 is 11.3 Å². The molecule has 0 aliphatic heterocycles. The van der Waals surface area contributed by atoms with Crippen LogP contribution in [-0.4, -0.2) is 24.0 Å². The van der Waals surface area contributed by atoms with Gasteiger partial charge in [0.25, 0.3) is 11.6 Å². The number of anilines is 1. The number of nitro benzene ring substituents is 1. The molecule has 9 nitrogen and oxygen atoms in total. The number of nitrogens with one attached hydrogen (secondary N) is 3. The molecular formula is C17H14N4O5S. The molecule has 0 saturated heterocycles. The number of hydrogen-bond donors (Lipinski definition) is 3. The Kier molecular flexibility index (Phi) is 5.18. The Morgan fingerprint density at radius 2 is 1.93 bits per heavy atom. The van der Waals surface area contributed by atoms with Crippen LogP contribution in [0.15, 0.2) is 47.8 Å². The van der Waals surface area contributed by atoms with Gasteiger partial charge in [-0.25, -0.2) is 10.2 Å². The van der Waals surface area contributed by atoms with Crippen molar-refractivity contribution in [1.82, 2.24) is 10.9 Å². The highest BCUT2D eigenvalue weighted by atomic mass is 32.1. The van der Waals surface area contributed by atoms with Crippen molar-refractivity contribution in [2.24, 2.45) is 0 Å². The van der Waals surface area contributed by atoms with Crippen LogP contribution in [0.25, 0.3) is 10.1 Å². The summed E-state index contributed by atoms with van der Waals surface area (Å²) in [5, 5.41) is 15.7. The number of carbonyl (C=O) groups excluding carboxylic acids is 2. The molecule has 0 aliphatic carbocycles. The van der Waals surface area contributed by atoms with Crippen LogP contribution in [-0.2, 0) is 0 Å². The quantitative estimate of drug-likeness (QED) is 0.469. The Hall–Kier alpha value is -3.66. The van der Waals surface area contributed by atoms with Crippen LogP contribution in [0.4, 0.5) is 16.2 Å². The number of amides is 3. The molecule has 0 spiro atoms. The second-order valence-corrected chi connectivity index (χ2v) is 6.23. The first kappa shape index (κ1) is 18.1. The smallest absolute Gasteiger partial charge is 0.338 e. The van der Waals surface area contributed by atoms with Gasteiger partial charge in [0.2, 0.25) is 0 Å². The normalized spacial score (nSPS) is 10.3. The van der Waals surface area contributed by atoms with Gasteiger partial charge in [-0.3, -0.25) is 20.3 Å². The molecule has 3 amide bonds. The average molecular weight is 386 g/mol. The van der Waals surface area contributed by atoms with E-state index in [1.807, 2.05) is 24.3 Å². The molecule has 1 heterocycles. The van der Waals surface area contributed by atoms with E-state index in [1.54, 1.807) is 5.38 Å². The number of non-ortho nitro benzene ring substituents is 1. The fourth-order valence-electron chi connectivity index (χ4n) is 2.38. The summed E-state index contributed by atoms with van der Waals surface area (Å²) in [6, 6.07) is 10.5. The van der Waals surface area contributed by atoms with Crippen molar-refractivity contribution in [2.45, 2.75) is 0 Å². The van der Waals surface area contributed by atoms with Crippen molar-refractivity contribution >= 4 is 44.7 Å². The number of hydrazine groups is 1. The van der Waals surface area contributed by atoms with Crippen molar-refractivity contribution in [2.75, 3.05) is 12.4 Å². The maximum Gasteiger partial charge on any atom is 0.338 e. The lowest BCUT2D eigenvalue weighted by Gasteiger charge is -2.11. The Balaban J connectivity index is 1.64. The van der Waals surface area contributed by atoms with Crippen LogP contribution in [0.2, 0.25) is 0 Å². The van der Waals surface area contributed by atoms with Gasteiger partial charge in [-0.1, -0.05) is 18.2 Å². The summed E-state index contributed by atoms with van der Waals surface area (Å²) < 4.78 is 6.00. The number of nitrogens with zero attached hydrogens (tertiary/aromatic N) is 1. The van der Waals surface area contributed by atoms with Gasteiger partial charge in [0.1, 0.15) is 5.75 Å². The lowest BCUT2D eigenvalue weighted by Crippen LogP contribution is -2.43. The van der Waals surface area contributed by atoms with Gasteiger partial charge < -0.3 is 10.1 Å². The zero-order valence-corrected chi connectivity index (χ0v) is 14.8. The number of fused-ring (bicyclic) bond motifs is 1. The van der Waals surface area contributed by atoms with Gasteiger partial charge in [0.05, 0.1) is 29.4 Å². The number of hydrogen-bond acceptors (Lipinski definition) is 6. The van der Waals surface area contributed by atoms with Gasteiger partial charge in [0, 0.05) is 21.5 Å². The molecule has 0 fully saturated rings. The molecule has 138 valence electrons. The summed E-state index contributed by atoms with van der Waals surface area (Å²) in [4.78, 5) is 34.5. The van der Waals surface area contributed by atoms with Crippen molar-refractivity contribution in [3.8, 4) is 5.75 Å². The molecule has 2 aromatic carbocycles. The molecule has 3 rings (SSSR count). The van der Waals surface area contributed by atoms with Crippen LogP contribution in [0, 0.1) is 10.1 Å². The third kappa shape index (κ3) is 3.96. The standard InChI is InChI=1S/C17H14N4O5S/c1-26-14-8-10(21(24)25)6-7-13(14)18-17(23)20-19-16(22)12-9-27-15-5-3-2-4-11(12)15/h2-9H,1H3,(H,19,22)(H2,18,20,23). The Morgan fingerprint density at radius 1 is 1.15 bits per heavy atom. The van der Waals surface area contributed by atoms with Crippen molar-refractivity contribution in [3.63, 3.8) is 0 Å². The molecular weight excluding hydrogens is 372 g/mol. The summed E-state index contributed by atoms with van der Waals surface area (Å²) in [5.41, 5.74) is 5.05. The number of benzene rings is 2. The summed E-state index contributed by atoms with van der Waals surface area (Å²) in [6.07, 6.45) is 0. The van der Waals surface area contributed by atoms with Gasteiger partial charge in [-0.05, 0) is 12.1 Å². The van der Waals surface area contributed by atoms with E-state index in [9.17, 15) is 19.7 Å². The average Bonchev–Trinajstić information content (AvgIpc) is 3.10. The summed E-state index contributed by atoms with van der Waals surface area (Å²) in [7, 11) is 1.32. The van der Waals surface area contributed by atoms with Gasteiger partial charge in [0.15, 0.2) is 0 Å². The number of rotatable bonds is 4. The van der Waals surface area contributed by atoms with Gasteiger partial charge in [-0.15, -0.1) is 11.3 Å². The highest BCUT2D eigenvalue weighted by Crippen LogP contribution is 2.29. The second kappa shape index (κ2) is 7.70. The van der Waals surface area contributed by atoms with E-state index in [4.69, 9.17) is 4.74 Å². The zero-order chi connectivity index (χ0) is 19.4. The first-order valence-corrected chi connectivity index (χ1v) is 8.53. The number of nitro groups is 1. The van der Waals surface area contributed by atoms with E-state index < -0.39 is 16.9 Å². The first-order valence-electron chi connectivity index (χ1n) is 7.65. The minimum Gasteiger partial charge on any atom is -0.494 e. The zero-order valence-electron chi connectivity index (χ0n) is 14.0. The molecule has 3 aromatic rings. The summed E-state index contributed by atoms with van der Waals surface area (Å²) in [6.45, 7) is 0. The van der Waals surface area contributed by atoms with E-state index in [2.05, 4.69) is 16.2 Å². The fourth-order valence-corrected chi connectivity index (χ4v) is 3.33. The molecule has 0 bridgehead atoms. The highest BCUT2D eigenvalue weighted by molar-refractivity contribution is 7.17. The minimum atomic E-state index is -0.727. The maximum absolute atomic E-state index is 12.3. The van der Waals surface area contributed by atoms with Gasteiger partial charge >= 0.3 is 6.03 Å². The second-order valence-electron chi connectivity index (χ2n) is 5.32. The molecule has 0 unspecified atom stereocenters. The molecule has 27 heavy (non-hydrogen) atoms. The molecule has 0 radical (unpaired) electrons. The monoisotopic (exact) mass is 386 g/mol. The topological polar surface area (TPSA) is 123 Å². The maximum atomic E-state index is 12.3. The van der Waals surface area contributed by atoms with E-state index in [0.29, 0.717) is 5.56 Å². The molecule has 0 saturated carbocycles. The highest BCUT2D eigenvalue weighted by Gasteiger charge is 2.15. The predicted octanol–water partition coefficient (Wildman–Crippen LogP) is 3.28. The van der Waals surface area contributed by atoms with E-state index >= 15 is 0 Å². The Morgan fingerprint density at radius 3 is 2.67 bits per heavy atom. The van der Waals surface area contributed by atoms with Crippen LogP contribution in [0.5, 0.6) is 5.75 Å². The van der Waals surface area contributed by atoms with E-state index in [0.717, 1.165) is 10.1 Å². The molecule has 10 heteroatoms. The summed E-state index contributed by atoms with van der Waals surface area (Å²) in [5.74, 6) is -0.340. The Labute approximate surface area is 157 Å². The number of ether oxygens (including phenoxy) is 1. The van der Waals surface area contributed by atoms with E-state index in [1.165, 1.54) is 36.6 Å². The third-order valence-electron chi connectivity index (χ3n) is 3.66. The first-order chi connectivity index (χ1) is 13.0. The van der Waals surface area contributed by atoms with Crippen molar-refractivity contribution < 1.29 is 19.2 Å². The number of carbonyl (C=O) groups is 2. The predicted molar refractivity (Wildman–Crippen MR) is 101 cm³/mol. The lowest BCUT2D eigenvalue weighted by molar-refractivity contribution is -0.384. The van der Waals surface area contributed by atoms with Crippen molar-refractivity contribution in [1.29, 1.82) is 0 Å². The largest absolute Gasteiger partial charge is 0.494 e. The molecule has 0 atom stereocenters. The van der Waals surface area contributed by atoms with Crippen LogP contribution in [0.3, 0.4) is 0 Å². The summed E-state index contributed by atoms with van der Waals surface area (Å²) >= 11 is 1.43. The van der Waals surface area contributed by atoms with Gasteiger partial charge in [-0.2, -0.15) is 0 Å². The number of thiophene rings is 1. The SMILES string of the molecule is COc1cc([N+](=O)[O-])ccc1NC(=O)NNC(=O)c1csc2ccccc12. The fraction of sp³-hybridized carbons (Fsp3) is 0.0588. The molecule has 0 aliphatic rings. The van der Waals surface area contributed by atoms with Crippen LogP contribution < -0.4 is 20.9 Å². The van der Waals surface area contributed by atoms with Crippen LogP contribution in [0.1, 0.15) is 10.4 Å². The third-order valence-corrected chi connectivity index (χ3v) is 4.62. The lowest BCUT2D eigenvalue weighted by atomic mass is 10.2.